The van der Waals surface area contributed by atoms with E-state index in [1.807, 2.05) is 19.9 Å². The van der Waals surface area contributed by atoms with Crippen molar-refractivity contribution in [3.63, 3.8) is 0 Å². The number of anilines is 1. The van der Waals surface area contributed by atoms with Gasteiger partial charge in [-0.25, -0.2) is 0 Å². The van der Waals surface area contributed by atoms with Gasteiger partial charge < -0.3 is 19.2 Å². The lowest BCUT2D eigenvalue weighted by Gasteiger charge is -2.05. The molecule has 1 aliphatic rings. The highest BCUT2D eigenvalue weighted by Crippen LogP contribution is 2.35. The summed E-state index contributed by atoms with van der Waals surface area (Å²) < 4.78 is 16.1. The average molecular weight is 357 g/mol. The number of amides is 1. The van der Waals surface area contributed by atoms with Gasteiger partial charge in [0.15, 0.2) is 11.5 Å². The average Bonchev–Trinajstić information content (AvgIpc) is 3.33. The Morgan fingerprint density at radius 1 is 1.24 bits per heavy atom. The van der Waals surface area contributed by atoms with Crippen molar-refractivity contribution in [2.24, 2.45) is 0 Å². The van der Waals surface area contributed by atoms with Crippen LogP contribution in [0.1, 0.15) is 28.0 Å². The number of thiophene rings is 1. The summed E-state index contributed by atoms with van der Waals surface area (Å²) in [6.07, 6.45) is 0.686. The van der Waals surface area contributed by atoms with Gasteiger partial charge in [0.2, 0.25) is 12.7 Å². The van der Waals surface area contributed by atoms with Crippen molar-refractivity contribution < 1.29 is 18.7 Å². The maximum absolute atomic E-state index is 12.5. The quantitative estimate of drug-likeness (QED) is 0.767. The number of carbonyl (C=O) groups excluding carboxylic acids is 1. The number of fused-ring (bicyclic) bond motifs is 1. The predicted octanol–water partition coefficient (Wildman–Crippen LogP) is 3.65. The Labute approximate surface area is 147 Å². The van der Waals surface area contributed by atoms with Gasteiger partial charge in [-0.05, 0) is 31.2 Å². The normalized spacial score (nSPS) is 12.4. The van der Waals surface area contributed by atoms with Crippen LogP contribution in [-0.4, -0.2) is 22.9 Å². The lowest BCUT2D eigenvalue weighted by atomic mass is 10.2. The van der Waals surface area contributed by atoms with E-state index < -0.39 is 0 Å². The van der Waals surface area contributed by atoms with Crippen LogP contribution in [0.2, 0.25) is 0 Å². The zero-order valence-corrected chi connectivity index (χ0v) is 14.5. The monoisotopic (exact) mass is 357 g/mol. The third-order valence-corrected chi connectivity index (χ3v) is 4.82. The molecule has 0 atom stereocenters. The van der Waals surface area contributed by atoms with Crippen molar-refractivity contribution in [1.82, 2.24) is 10.2 Å². The van der Waals surface area contributed by atoms with Crippen molar-refractivity contribution in [3.05, 3.63) is 40.6 Å². The summed E-state index contributed by atoms with van der Waals surface area (Å²) >= 11 is 1.49. The zero-order valence-electron chi connectivity index (χ0n) is 13.7. The standard InChI is InChI=1S/C17H15N3O4S/c1-3-15-19-20-17(24-15)14-7-11(9(2)25-14)18-16(21)10-4-5-12-13(6-10)23-8-22-12/h4-7H,3,8H2,1-2H3,(H,18,21). The fourth-order valence-electron chi connectivity index (χ4n) is 2.44. The van der Waals surface area contributed by atoms with E-state index in [4.69, 9.17) is 13.9 Å². The Morgan fingerprint density at radius 2 is 2.08 bits per heavy atom. The first-order valence-corrected chi connectivity index (χ1v) is 8.60. The number of benzene rings is 1. The maximum Gasteiger partial charge on any atom is 0.257 e. The second kappa shape index (κ2) is 6.21. The third-order valence-electron chi connectivity index (χ3n) is 3.78. The molecule has 0 bridgehead atoms. The van der Waals surface area contributed by atoms with Crippen LogP contribution in [0.3, 0.4) is 0 Å². The van der Waals surface area contributed by atoms with E-state index in [1.165, 1.54) is 11.3 Å². The Kier molecular flexibility index (Phi) is 3.89. The molecule has 3 aromatic rings. The second-order valence-electron chi connectivity index (χ2n) is 5.46. The van der Waals surface area contributed by atoms with E-state index in [9.17, 15) is 4.79 Å². The van der Waals surface area contributed by atoms with Gasteiger partial charge in [-0.1, -0.05) is 6.92 Å². The van der Waals surface area contributed by atoms with Crippen LogP contribution in [0.25, 0.3) is 10.8 Å². The molecule has 0 radical (unpaired) electrons. The molecule has 0 saturated heterocycles. The number of hydrogen-bond donors (Lipinski definition) is 1. The zero-order chi connectivity index (χ0) is 17.4. The van der Waals surface area contributed by atoms with E-state index in [0.717, 1.165) is 15.4 Å². The molecule has 0 unspecified atom stereocenters. The highest BCUT2D eigenvalue weighted by Gasteiger charge is 2.18. The largest absolute Gasteiger partial charge is 0.454 e. The van der Waals surface area contributed by atoms with Crippen molar-refractivity contribution in [2.75, 3.05) is 12.1 Å². The van der Waals surface area contributed by atoms with E-state index in [1.54, 1.807) is 18.2 Å². The van der Waals surface area contributed by atoms with Crippen LogP contribution >= 0.6 is 11.3 Å². The molecule has 1 amide bonds. The van der Waals surface area contributed by atoms with E-state index in [-0.39, 0.29) is 12.7 Å². The summed E-state index contributed by atoms with van der Waals surface area (Å²) in [6.45, 7) is 4.06. The summed E-state index contributed by atoms with van der Waals surface area (Å²) in [5.41, 5.74) is 1.22. The summed E-state index contributed by atoms with van der Waals surface area (Å²) in [5.74, 6) is 2.06. The SMILES string of the molecule is CCc1nnc(-c2cc(NC(=O)c3ccc4c(c3)OCO4)c(C)s2)o1. The van der Waals surface area contributed by atoms with E-state index in [2.05, 4.69) is 15.5 Å². The van der Waals surface area contributed by atoms with Gasteiger partial charge in [-0.2, -0.15) is 0 Å². The highest BCUT2D eigenvalue weighted by molar-refractivity contribution is 7.15. The Balaban J connectivity index is 1.55. The summed E-state index contributed by atoms with van der Waals surface area (Å²) in [6, 6.07) is 6.95. The summed E-state index contributed by atoms with van der Waals surface area (Å²) in [4.78, 5) is 14.3. The summed E-state index contributed by atoms with van der Waals surface area (Å²) in [5, 5.41) is 10.9. The van der Waals surface area contributed by atoms with Crippen LogP contribution in [-0.2, 0) is 6.42 Å². The molecule has 4 rings (SSSR count). The van der Waals surface area contributed by atoms with Gasteiger partial charge in [0.05, 0.1) is 10.6 Å². The molecular formula is C17H15N3O4S. The highest BCUT2D eigenvalue weighted by atomic mass is 32.1. The molecule has 0 aliphatic carbocycles. The number of carbonyl (C=O) groups is 1. The molecule has 25 heavy (non-hydrogen) atoms. The van der Waals surface area contributed by atoms with Crippen LogP contribution in [0, 0.1) is 6.92 Å². The first kappa shape index (κ1) is 15.6. The molecule has 0 saturated carbocycles. The minimum absolute atomic E-state index is 0.178. The topological polar surface area (TPSA) is 86.5 Å². The molecule has 3 heterocycles. The Bertz CT molecular complexity index is 947. The smallest absolute Gasteiger partial charge is 0.257 e. The summed E-state index contributed by atoms with van der Waals surface area (Å²) in [7, 11) is 0. The molecule has 0 fully saturated rings. The molecule has 2 aromatic heterocycles. The van der Waals surface area contributed by atoms with E-state index in [0.29, 0.717) is 35.3 Å². The number of nitrogens with one attached hydrogen (secondary N) is 1. The van der Waals surface area contributed by atoms with Gasteiger partial charge in [-0.3, -0.25) is 4.79 Å². The van der Waals surface area contributed by atoms with Crippen molar-refractivity contribution in [1.29, 1.82) is 0 Å². The van der Waals surface area contributed by atoms with Crippen LogP contribution < -0.4 is 14.8 Å². The maximum atomic E-state index is 12.5. The van der Waals surface area contributed by atoms with Gasteiger partial charge in [0, 0.05) is 16.9 Å². The van der Waals surface area contributed by atoms with Gasteiger partial charge >= 0.3 is 0 Å². The van der Waals surface area contributed by atoms with Crippen LogP contribution in [0.4, 0.5) is 5.69 Å². The first-order valence-electron chi connectivity index (χ1n) is 7.78. The van der Waals surface area contributed by atoms with Crippen LogP contribution in [0.5, 0.6) is 11.5 Å². The number of rotatable bonds is 4. The minimum atomic E-state index is -0.217. The molecule has 1 aromatic carbocycles. The van der Waals surface area contributed by atoms with Gasteiger partial charge in [0.25, 0.3) is 11.8 Å². The fourth-order valence-corrected chi connectivity index (χ4v) is 3.34. The molecule has 1 aliphatic heterocycles. The van der Waals surface area contributed by atoms with Crippen molar-refractivity contribution in [2.45, 2.75) is 20.3 Å². The molecule has 0 spiro atoms. The Hall–Kier alpha value is -2.87. The van der Waals surface area contributed by atoms with Crippen molar-refractivity contribution in [3.8, 4) is 22.3 Å². The third kappa shape index (κ3) is 2.96. The molecular weight excluding hydrogens is 342 g/mol. The van der Waals surface area contributed by atoms with Crippen LogP contribution in [0.15, 0.2) is 28.7 Å². The van der Waals surface area contributed by atoms with Crippen molar-refractivity contribution >= 4 is 22.9 Å². The molecule has 8 heteroatoms. The number of ether oxygens (including phenoxy) is 2. The second-order valence-corrected chi connectivity index (χ2v) is 6.71. The minimum Gasteiger partial charge on any atom is -0.454 e. The molecule has 7 nitrogen and oxygen atoms in total. The first-order chi connectivity index (χ1) is 12.1. The van der Waals surface area contributed by atoms with Gasteiger partial charge in [-0.15, -0.1) is 21.5 Å². The number of hydrogen-bond acceptors (Lipinski definition) is 7. The number of aryl methyl sites for hydroxylation is 2. The Morgan fingerprint density at radius 3 is 2.88 bits per heavy atom. The fraction of sp³-hybridized carbons (Fsp3) is 0.235. The predicted molar refractivity (Wildman–Crippen MR) is 92.2 cm³/mol. The molecule has 1 N–H and O–H groups in total. The van der Waals surface area contributed by atoms with Gasteiger partial charge in [0.1, 0.15) is 0 Å². The lowest BCUT2D eigenvalue weighted by molar-refractivity contribution is 0.102. The van der Waals surface area contributed by atoms with E-state index >= 15 is 0 Å². The number of nitrogens with zero attached hydrogens (tertiary/aromatic N) is 2. The molecule has 128 valence electrons. The number of aromatic nitrogens is 2. The lowest BCUT2D eigenvalue weighted by Crippen LogP contribution is -2.11.